The molecule has 1 fully saturated rings. The highest BCUT2D eigenvalue weighted by Crippen LogP contribution is 2.45. The molecule has 1 saturated carbocycles. The van der Waals surface area contributed by atoms with Crippen LogP contribution in [0.5, 0.6) is 0 Å². The first kappa shape index (κ1) is 13.4. The van der Waals surface area contributed by atoms with Gasteiger partial charge in [0.2, 0.25) is 0 Å². The van der Waals surface area contributed by atoms with Gasteiger partial charge in [0.25, 0.3) is 6.43 Å². The summed E-state index contributed by atoms with van der Waals surface area (Å²) in [5.74, 6) is 0.509. The van der Waals surface area contributed by atoms with Gasteiger partial charge in [-0.25, -0.2) is 8.78 Å². The van der Waals surface area contributed by atoms with Crippen LogP contribution in [0.15, 0.2) is 12.1 Å². The van der Waals surface area contributed by atoms with Crippen molar-refractivity contribution in [2.45, 2.75) is 46.0 Å². The maximum atomic E-state index is 12.4. The zero-order valence-corrected chi connectivity index (χ0v) is 10.6. The summed E-state index contributed by atoms with van der Waals surface area (Å²) in [7, 11) is 0. The zero-order valence-electron chi connectivity index (χ0n) is 9.86. The van der Waals surface area contributed by atoms with Crippen LogP contribution in [0.4, 0.5) is 8.78 Å². The molecule has 0 amide bonds. The third-order valence-corrected chi connectivity index (χ3v) is 2.91. The van der Waals surface area contributed by atoms with Crippen LogP contribution in [0.1, 0.15) is 55.7 Å². The van der Waals surface area contributed by atoms with Gasteiger partial charge in [0.1, 0.15) is 0 Å². The lowest BCUT2D eigenvalue weighted by Crippen LogP contribution is -1.92. The zero-order chi connectivity index (χ0) is 12.3. The van der Waals surface area contributed by atoms with Gasteiger partial charge < -0.3 is 0 Å². The third-order valence-electron chi connectivity index (χ3n) is 2.60. The smallest absolute Gasteiger partial charge is 0.205 e. The normalized spacial score (nSPS) is 14.7. The summed E-state index contributed by atoms with van der Waals surface area (Å²) in [6, 6.07) is 2.94. The van der Waals surface area contributed by atoms with Gasteiger partial charge in [0, 0.05) is 10.6 Å². The van der Waals surface area contributed by atoms with Gasteiger partial charge in [0.15, 0.2) is 0 Å². The first-order chi connectivity index (χ1) is 7.59. The van der Waals surface area contributed by atoms with Gasteiger partial charge >= 0.3 is 0 Å². The second-order valence-corrected chi connectivity index (χ2v) is 4.22. The number of hydrogen-bond donors (Lipinski definition) is 0. The molecule has 0 spiro atoms. The molecule has 0 atom stereocenters. The number of hydrogen-bond acceptors (Lipinski definition) is 0. The van der Waals surface area contributed by atoms with Crippen molar-refractivity contribution < 1.29 is 8.78 Å². The van der Waals surface area contributed by atoms with Crippen molar-refractivity contribution in [2.24, 2.45) is 0 Å². The van der Waals surface area contributed by atoms with Crippen LogP contribution in [-0.2, 0) is 0 Å². The molecule has 0 radical (unpaired) electrons. The monoisotopic (exact) mass is 246 g/mol. The maximum absolute atomic E-state index is 12.4. The molecule has 0 saturated heterocycles. The molecule has 2 rings (SSSR count). The largest absolute Gasteiger partial charge is 0.263 e. The van der Waals surface area contributed by atoms with Crippen molar-refractivity contribution in [1.29, 1.82) is 0 Å². The second kappa shape index (κ2) is 5.62. The van der Waals surface area contributed by atoms with Gasteiger partial charge in [-0.1, -0.05) is 31.5 Å². The SMILES string of the molecule is CC.Cc1cc(C(F)F)cc(Cl)c1C1CC1. The van der Waals surface area contributed by atoms with E-state index in [-0.39, 0.29) is 5.56 Å². The van der Waals surface area contributed by atoms with Crippen LogP contribution in [0.3, 0.4) is 0 Å². The standard InChI is InChI=1S/C11H11ClF2.C2H6/c1-6-4-8(11(13)14)5-9(12)10(6)7-2-3-7;1-2/h4-5,7,11H,2-3H2,1H3;1-2H3. The summed E-state index contributed by atoms with van der Waals surface area (Å²) < 4.78 is 24.8. The minimum absolute atomic E-state index is 0.0249. The fourth-order valence-electron chi connectivity index (χ4n) is 1.80. The third kappa shape index (κ3) is 2.94. The van der Waals surface area contributed by atoms with Crippen molar-refractivity contribution in [3.63, 3.8) is 0 Å². The minimum atomic E-state index is -2.43. The first-order valence-corrected chi connectivity index (χ1v) is 6.05. The van der Waals surface area contributed by atoms with E-state index in [2.05, 4.69) is 0 Å². The van der Waals surface area contributed by atoms with Crippen molar-refractivity contribution >= 4 is 11.6 Å². The molecule has 0 N–H and O–H groups in total. The summed E-state index contributed by atoms with van der Waals surface area (Å²) in [5.41, 5.74) is 1.99. The molecule has 0 unspecified atom stereocenters. The molecule has 16 heavy (non-hydrogen) atoms. The van der Waals surface area contributed by atoms with E-state index in [1.54, 1.807) is 6.07 Å². The maximum Gasteiger partial charge on any atom is 0.263 e. The highest BCUT2D eigenvalue weighted by Gasteiger charge is 2.28. The van der Waals surface area contributed by atoms with E-state index in [0.717, 1.165) is 24.0 Å². The molecular weight excluding hydrogens is 230 g/mol. The second-order valence-electron chi connectivity index (χ2n) is 3.81. The number of alkyl halides is 2. The Balaban J connectivity index is 0.000000606. The van der Waals surface area contributed by atoms with Crippen molar-refractivity contribution in [3.8, 4) is 0 Å². The molecule has 90 valence electrons. The van der Waals surface area contributed by atoms with Gasteiger partial charge in [-0.2, -0.15) is 0 Å². The fraction of sp³-hybridized carbons (Fsp3) is 0.538. The Morgan fingerprint density at radius 2 is 1.81 bits per heavy atom. The van der Waals surface area contributed by atoms with Crippen molar-refractivity contribution in [3.05, 3.63) is 33.8 Å². The Bertz CT molecular complexity index is 334. The first-order valence-electron chi connectivity index (χ1n) is 5.67. The minimum Gasteiger partial charge on any atom is -0.205 e. The van der Waals surface area contributed by atoms with E-state index in [1.165, 1.54) is 6.07 Å². The van der Waals surface area contributed by atoms with Gasteiger partial charge in [-0.15, -0.1) is 0 Å². The Morgan fingerprint density at radius 1 is 1.25 bits per heavy atom. The predicted octanol–water partition coefficient (Wildman–Crippen LogP) is 5.49. The summed E-state index contributed by atoms with van der Waals surface area (Å²) >= 11 is 5.98. The average Bonchev–Trinajstić information content (AvgIpc) is 3.04. The van der Waals surface area contributed by atoms with E-state index in [4.69, 9.17) is 11.6 Å². The van der Waals surface area contributed by atoms with Crippen LogP contribution >= 0.6 is 11.6 Å². The summed E-state index contributed by atoms with van der Waals surface area (Å²) in [6.07, 6.45) is -0.164. The Hall–Kier alpha value is -0.630. The Labute approximate surface area is 101 Å². The number of rotatable bonds is 2. The molecule has 1 aliphatic rings. The lowest BCUT2D eigenvalue weighted by molar-refractivity contribution is 0.151. The number of halogens is 3. The van der Waals surface area contributed by atoms with Gasteiger partial charge in [-0.3, -0.25) is 0 Å². The quantitative estimate of drug-likeness (QED) is 0.647. The van der Waals surface area contributed by atoms with E-state index in [1.807, 2.05) is 20.8 Å². The van der Waals surface area contributed by atoms with Crippen LogP contribution in [0, 0.1) is 6.92 Å². The topological polar surface area (TPSA) is 0 Å². The lowest BCUT2D eigenvalue weighted by Gasteiger charge is -2.09. The summed E-state index contributed by atoms with van der Waals surface area (Å²) in [6.45, 7) is 5.85. The summed E-state index contributed by atoms with van der Waals surface area (Å²) in [4.78, 5) is 0. The van der Waals surface area contributed by atoms with E-state index >= 15 is 0 Å². The molecule has 0 aliphatic heterocycles. The number of aryl methyl sites for hydroxylation is 1. The highest BCUT2D eigenvalue weighted by atomic mass is 35.5. The van der Waals surface area contributed by atoms with Crippen LogP contribution in [0.25, 0.3) is 0 Å². The van der Waals surface area contributed by atoms with Crippen LogP contribution < -0.4 is 0 Å². The molecule has 3 heteroatoms. The van der Waals surface area contributed by atoms with Crippen LogP contribution in [-0.4, -0.2) is 0 Å². The van der Waals surface area contributed by atoms with E-state index in [0.29, 0.717) is 10.9 Å². The highest BCUT2D eigenvalue weighted by molar-refractivity contribution is 6.31. The molecule has 1 aromatic carbocycles. The molecule has 1 aliphatic carbocycles. The predicted molar refractivity (Wildman–Crippen MR) is 64.5 cm³/mol. The molecule has 0 aromatic heterocycles. The molecule has 0 bridgehead atoms. The number of benzene rings is 1. The van der Waals surface area contributed by atoms with Gasteiger partial charge in [0.05, 0.1) is 0 Å². The van der Waals surface area contributed by atoms with Crippen molar-refractivity contribution in [2.75, 3.05) is 0 Å². The fourth-order valence-corrected chi connectivity index (χ4v) is 2.23. The van der Waals surface area contributed by atoms with E-state index < -0.39 is 6.43 Å². The molecule has 0 heterocycles. The molecular formula is C13H17ClF2. The van der Waals surface area contributed by atoms with Gasteiger partial charge in [-0.05, 0) is 42.9 Å². The van der Waals surface area contributed by atoms with Crippen LogP contribution in [0.2, 0.25) is 5.02 Å². The Morgan fingerprint density at radius 3 is 2.19 bits per heavy atom. The lowest BCUT2D eigenvalue weighted by atomic mass is 10.0. The van der Waals surface area contributed by atoms with Crippen molar-refractivity contribution in [1.82, 2.24) is 0 Å². The average molecular weight is 247 g/mol. The Kier molecular flexibility index (Phi) is 4.72. The summed E-state index contributed by atoms with van der Waals surface area (Å²) in [5, 5.41) is 0.503. The molecule has 0 nitrogen and oxygen atoms in total. The van der Waals surface area contributed by atoms with E-state index in [9.17, 15) is 8.78 Å². The molecule has 1 aromatic rings.